The number of rotatable bonds is 3. The number of nitrogens with one attached hydrogen (secondary N) is 1. The second-order valence-electron chi connectivity index (χ2n) is 7.27. The Labute approximate surface area is 133 Å². The Morgan fingerprint density at radius 1 is 1.24 bits per heavy atom. The Morgan fingerprint density at radius 3 is 2.43 bits per heavy atom. The molecule has 1 fully saturated rings. The first kappa shape index (κ1) is 16.2. The molecule has 21 heavy (non-hydrogen) atoms. The van der Waals surface area contributed by atoms with Gasteiger partial charge in [-0.25, -0.2) is 0 Å². The number of anilines is 1. The second kappa shape index (κ2) is 6.71. The molecule has 0 heterocycles. The van der Waals surface area contributed by atoms with Gasteiger partial charge >= 0.3 is 0 Å². The van der Waals surface area contributed by atoms with Gasteiger partial charge in [-0.3, -0.25) is 0 Å². The lowest BCUT2D eigenvalue weighted by atomic mass is 9.70. The smallest absolute Gasteiger partial charge is 0.0992 e. The topological polar surface area (TPSA) is 35.8 Å². The lowest BCUT2D eigenvalue weighted by molar-refractivity contribution is 0.153. The number of halogens is 1. The molecule has 1 saturated carbocycles. The maximum absolute atomic E-state index is 8.85. The number of hydrogen-bond donors (Lipinski definition) is 1. The average Bonchev–Trinajstić information content (AvgIpc) is 2.45. The van der Waals surface area contributed by atoms with E-state index in [9.17, 15) is 0 Å². The molecule has 2 nitrogen and oxygen atoms in total. The van der Waals surface area contributed by atoms with Gasteiger partial charge in [-0.05, 0) is 61.1 Å². The highest BCUT2D eigenvalue weighted by Crippen LogP contribution is 2.39. The summed E-state index contributed by atoms with van der Waals surface area (Å²) in [6.45, 7) is 8.04. The van der Waals surface area contributed by atoms with Crippen LogP contribution < -0.4 is 5.32 Å². The van der Waals surface area contributed by atoms with E-state index in [-0.39, 0.29) is 0 Å². The molecule has 0 unspecified atom stereocenters. The van der Waals surface area contributed by atoms with Gasteiger partial charge in [-0.2, -0.15) is 5.26 Å². The highest BCUT2D eigenvalue weighted by Gasteiger charge is 2.29. The van der Waals surface area contributed by atoms with Crippen LogP contribution in [0.2, 0.25) is 5.02 Å². The molecule has 0 spiro atoms. The average molecular weight is 305 g/mol. The molecule has 2 rings (SSSR count). The Kier molecular flexibility index (Phi) is 5.17. The molecule has 0 aliphatic heterocycles. The first-order chi connectivity index (χ1) is 9.90. The van der Waals surface area contributed by atoms with E-state index in [4.69, 9.17) is 16.9 Å². The molecule has 0 amide bonds. The molecule has 3 heteroatoms. The van der Waals surface area contributed by atoms with E-state index in [2.05, 4.69) is 32.2 Å². The van der Waals surface area contributed by atoms with Crippen molar-refractivity contribution in [1.82, 2.24) is 0 Å². The van der Waals surface area contributed by atoms with Crippen molar-refractivity contribution >= 4 is 17.3 Å². The zero-order valence-electron chi connectivity index (χ0n) is 13.2. The van der Waals surface area contributed by atoms with Crippen LogP contribution in [0.1, 0.15) is 52.0 Å². The summed E-state index contributed by atoms with van der Waals surface area (Å²) < 4.78 is 0. The fourth-order valence-corrected chi connectivity index (χ4v) is 3.46. The zero-order chi connectivity index (χ0) is 15.5. The van der Waals surface area contributed by atoms with Gasteiger partial charge in [0, 0.05) is 6.54 Å². The summed E-state index contributed by atoms with van der Waals surface area (Å²) in [4.78, 5) is 0. The predicted octanol–water partition coefficient (Wildman–Crippen LogP) is 5.48. The van der Waals surface area contributed by atoms with E-state index in [1.165, 1.54) is 25.7 Å². The quantitative estimate of drug-likeness (QED) is 0.803. The number of hydrogen-bond acceptors (Lipinski definition) is 2. The highest BCUT2D eigenvalue weighted by atomic mass is 35.5. The maximum atomic E-state index is 8.85. The molecule has 0 saturated heterocycles. The lowest BCUT2D eigenvalue weighted by Crippen LogP contribution is -2.28. The second-order valence-corrected chi connectivity index (χ2v) is 7.68. The molecule has 0 radical (unpaired) electrons. The number of benzene rings is 1. The van der Waals surface area contributed by atoms with Crippen molar-refractivity contribution in [1.29, 1.82) is 5.26 Å². The molecular weight excluding hydrogens is 280 g/mol. The van der Waals surface area contributed by atoms with Crippen molar-refractivity contribution in [2.45, 2.75) is 46.5 Å². The largest absolute Gasteiger partial charge is 0.384 e. The first-order valence-corrected chi connectivity index (χ1v) is 8.21. The van der Waals surface area contributed by atoms with Gasteiger partial charge in [0.05, 0.1) is 22.3 Å². The van der Waals surface area contributed by atoms with Crippen LogP contribution in [0.3, 0.4) is 0 Å². The Balaban J connectivity index is 1.84. The van der Waals surface area contributed by atoms with Gasteiger partial charge in [0.2, 0.25) is 0 Å². The number of nitrogens with zero attached hydrogens (tertiary/aromatic N) is 1. The first-order valence-electron chi connectivity index (χ1n) is 7.83. The monoisotopic (exact) mass is 304 g/mol. The highest BCUT2D eigenvalue weighted by molar-refractivity contribution is 6.33. The predicted molar refractivity (Wildman–Crippen MR) is 89.6 cm³/mol. The third kappa shape index (κ3) is 4.38. The molecule has 1 N–H and O–H groups in total. The lowest BCUT2D eigenvalue weighted by Gasteiger charge is -2.37. The van der Waals surface area contributed by atoms with E-state index < -0.39 is 0 Å². The summed E-state index contributed by atoms with van der Waals surface area (Å²) in [6.07, 6.45) is 5.25. The molecule has 1 aromatic carbocycles. The SMILES string of the molecule is CC(C)(C)C1CCC(CNc2ccc(C#N)cc2Cl)CC1. The van der Waals surface area contributed by atoms with Crippen molar-refractivity contribution in [2.75, 3.05) is 11.9 Å². The van der Waals surface area contributed by atoms with Crippen molar-refractivity contribution in [3.05, 3.63) is 28.8 Å². The van der Waals surface area contributed by atoms with Crippen LogP contribution in [-0.2, 0) is 0 Å². The van der Waals surface area contributed by atoms with Crippen molar-refractivity contribution in [3.63, 3.8) is 0 Å². The van der Waals surface area contributed by atoms with Crippen LogP contribution >= 0.6 is 11.6 Å². The molecule has 0 aromatic heterocycles. The van der Waals surface area contributed by atoms with Crippen LogP contribution in [0, 0.1) is 28.6 Å². The third-order valence-corrected chi connectivity index (χ3v) is 5.06. The summed E-state index contributed by atoms with van der Waals surface area (Å²) >= 11 is 6.20. The summed E-state index contributed by atoms with van der Waals surface area (Å²) in [5, 5.41) is 12.9. The van der Waals surface area contributed by atoms with Gasteiger partial charge in [0.15, 0.2) is 0 Å². The molecule has 0 atom stereocenters. The van der Waals surface area contributed by atoms with E-state index in [1.54, 1.807) is 6.07 Å². The molecule has 1 aliphatic carbocycles. The summed E-state index contributed by atoms with van der Waals surface area (Å²) in [5.41, 5.74) is 1.99. The van der Waals surface area contributed by atoms with Crippen LogP contribution in [-0.4, -0.2) is 6.54 Å². The van der Waals surface area contributed by atoms with Crippen LogP contribution in [0.4, 0.5) is 5.69 Å². The van der Waals surface area contributed by atoms with E-state index >= 15 is 0 Å². The van der Waals surface area contributed by atoms with Crippen molar-refractivity contribution in [2.24, 2.45) is 17.3 Å². The van der Waals surface area contributed by atoms with Crippen molar-refractivity contribution in [3.8, 4) is 6.07 Å². The Bertz CT molecular complexity index is 517. The molecule has 1 aromatic rings. The fraction of sp³-hybridized carbons (Fsp3) is 0.611. The van der Waals surface area contributed by atoms with E-state index in [1.807, 2.05) is 12.1 Å². The molecular formula is C18H25ClN2. The Hall–Kier alpha value is -1.20. The Morgan fingerprint density at radius 2 is 1.90 bits per heavy atom. The molecule has 1 aliphatic rings. The van der Waals surface area contributed by atoms with Gasteiger partial charge in [-0.1, -0.05) is 32.4 Å². The summed E-state index contributed by atoms with van der Waals surface area (Å²) in [6, 6.07) is 7.54. The summed E-state index contributed by atoms with van der Waals surface area (Å²) in [7, 11) is 0. The fourth-order valence-electron chi connectivity index (χ4n) is 3.21. The van der Waals surface area contributed by atoms with Gasteiger partial charge in [-0.15, -0.1) is 0 Å². The van der Waals surface area contributed by atoms with E-state index in [0.717, 1.165) is 24.1 Å². The summed E-state index contributed by atoms with van der Waals surface area (Å²) in [5.74, 6) is 1.59. The van der Waals surface area contributed by atoms with Gasteiger partial charge < -0.3 is 5.32 Å². The van der Waals surface area contributed by atoms with Crippen LogP contribution in [0.5, 0.6) is 0 Å². The molecule has 114 valence electrons. The van der Waals surface area contributed by atoms with Crippen LogP contribution in [0.15, 0.2) is 18.2 Å². The van der Waals surface area contributed by atoms with Gasteiger partial charge in [0.1, 0.15) is 0 Å². The molecule has 0 bridgehead atoms. The normalized spacial score (nSPS) is 22.6. The maximum Gasteiger partial charge on any atom is 0.0992 e. The third-order valence-electron chi connectivity index (χ3n) is 4.75. The minimum Gasteiger partial charge on any atom is -0.384 e. The van der Waals surface area contributed by atoms with Crippen molar-refractivity contribution < 1.29 is 0 Å². The minimum absolute atomic E-state index is 0.439. The minimum atomic E-state index is 0.439. The van der Waals surface area contributed by atoms with Crippen LogP contribution in [0.25, 0.3) is 0 Å². The zero-order valence-corrected chi connectivity index (χ0v) is 14.0. The number of nitriles is 1. The van der Waals surface area contributed by atoms with Gasteiger partial charge in [0.25, 0.3) is 0 Å². The standard InChI is InChI=1S/C18H25ClN2/c1-18(2,3)15-7-4-13(5-8-15)12-21-17-9-6-14(11-20)10-16(17)19/h6,9-10,13,15,21H,4-5,7-8,12H2,1-3H3. The van der Waals surface area contributed by atoms with E-state index in [0.29, 0.717) is 16.0 Å².